The van der Waals surface area contributed by atoms with E-state index >= 15 is 0 Å². The fourth-order valence-corrected chi connectivity index (χ4v) is 1.14. The molecule has 0 aliphatic rings. The summed E-state index contributed by atoms with van der Waals surface area (Å²) in [5.74, 6) is -1.52. The van der Waals surface area contributed by atoms with Crippen LogP contribution < -0.4 is 5.73 Å². The van der Waals surface area contributed by atoms with E-state index in [1.807, 2.05) is 0 Å². The molecule has 15 heavy (non-hydrogen) atoms. The van der Waals surface area contributed by atoms with Gasteiger partial charge >= 0.3 is 5.97 Å². The number of hydrogen-bond acceptors (Lipinski definition) is 2. The average molecular weight is 234 g/mol. The number of halogens is 2. The summed E-state index contributed by atoms with van der Waals surface area (Å²) in [6, 6.07) is 3.61. The number of benzene rings is 1. The lowest BCUT2D eigenvalue weighted by molar-refractivity contribution is -0.138. The summed E-state index contributed by atoms with van der Waals surface area (Å²) in [7, 11) is 0. The Balaban J connectivity index is 0.00000196. The first kappa shape index (κ1) is 13.9. The maximum Gasteiger partial charge on any atom is 0.320 e. The zero-order chi connectivity index (χ0) is 10.7. The van der Waals surface area contributed by atoms with Gasteiger partial charge in [-0.05, 0) is 24.1 Å². The topological polar surface area (TPSA) is 63.3 Å². The number of rotatable bonds is 3. The molecule has 1 rings (SSSR count). The van der Waals surface area contributed by atoms with Gasteiger partial charge in [-0.1, -0.05) is 12.1 Å². The number of carbonyl (C=O) groups is 1. The summed E-state index contributed by atoms with van der Waals surface area (Å²) in [6.07, 6.45) is 0.0153. The standard InChI is InChI=1S/C10H12FNO2.ClH/c1-6-2-3-7(8(11)4-6)5-9(12)10(13)14;/h2-4,9H,5,12H2,1H3,(H,13,14);1H. The minimum atomic E-state index is -1.12. The number of hydrogen-bond donors (Lipinski definition) is 2. The number of carboxylic acid groups (broad SMARTS) is 1. The molecule has 1 atom stereocenters. The molecule has 0 spiro atoms. The molecule has 1 aromatic rings. The van der Waals surface area contributed by atoms with Gasteiger partial charge in [0.05, 0.1) is 0 Å². The highest BCUT2D eigenvalue weighted by atomic mass is 35.5. The van der Waals surface area contributed by atoms with E-state index in [0.717, 1.165) is 5.56 Å². The highest BCUT2D eigenvalue weighted by Crippen LogP contribution is 2.11. The molecule has 0 aliphatic heterocycles. The van der Waals surface area contributed by atoms with E-state index in [1.54, 1.807) is 19.1 Å². The van der Waals surface area contributed by atoms with E-state index in [9.17, 15) is 9.18 Å². The van der Waals surface area contributed by atoms with Crippen LogP contribution >= 0.6 is 12.4 Å². The van der Waals surface area contributed by atoms with Crippen molar-refractivity contribution in [1.29, 1.82) is 0 Å². The second kappa shape index (κ2) is 5.68. The van der Waals surface area contributed by atoms with Crippen LogP contribution in [0.3, 0.4) is 0 Å². The summed E-state index contributed by atoms with van der Waals surface area (Å²) < 4.78 is 13.2. The molecule has 0 bridgehead atoms. The second-order valence-electron chi connectivity index (χ2n) is 3.24. The van der Waals surface area contributed by atoms with Crippen molar-refractivity contribution in [3.05, 3.63) is 35.1 Å². The maximum absolute atomic E-state index is 13.2. The number of aliphatic carboxylic acids is 1. The molecular weight excluding hydrogens is 221 g/mol. The molecule has 1 unspecified atom stereocenters. The van der Waals surface area contributed by atoms with Crippen LogP contribution in [0.15, 0.2) is 18.2 Å². The van der Waals surface area contributed by atoms with Crippen molar-refractivity contribution in [2.45, 2.75) is 19.4 Å². The monoisotopic (exact) mass is 233 g/mol. The quantitative estimate of drug-likeness (QED) is 0.832. The van der Waals surface area contributed by atoms with Gasteiger partial charge in [0, 0.05) is 6.42 Å². The molecule has 3 nitrogen and oxygen atoms in total. The molecule has 0 saturated carbocycles. The number of nitrogens with two attached hydrogens (primary N) is 1. The zero-order valence-corrected chi connectivity index (χ0v) is 9.05. The predicted octanol–water partition coefficient (Wildman–Crippen LogP) is 1.51. The van der Waals surface area contributed by atoms with E-state index in [-0.39, 0.29) is 18.8 Å². The first-order valence-electron chi connectivity index (χ1n) is 4.24. The molecular formula is C10H13ClFNO2. The van der Waals surface area contributed by atoms with Crippen molar-refractivity contribution >= 4 is 18.4 Å². The molecule has 0 heterocycles. The summed E-state index contributed by atoms with van der Waals surface area (Å²) >= 11 is 0. The minimum Gasteiger partial charge on any atom is -0.480 e. The Labute approximate surface area is 93.5 Å². The lowest BCUT2D eigenvalue weighted by Gasteiger charge is -2.07. The van der Waals surface area contributed by atoms with E-state index < -0.39 is 17.8 Å². The van der Waals surface area contributed by atoms with Gasteiger partial charge in [0.1, 0.15) is 11.9 Å². The van der Waals surface area contributed by atoms with Crippen molar-refractivity contribution in [2.75, 3.05) is 0 Å². The van der Waals surface area contributed by atoms with Crippen molar-refractivity contribution in [3.63, 3.8) is 0 Å². The summed E-state index contributed by atoms with van der Waals surface area (Å²) in [4.78, 5) is 10.4. The first-order valence-corrected chi connectivity index (χ1v) is 4.24. The molecule has 1 aromatic carbocycles. The summed E-state index contributed by atoms with van der Waals surface area (Å²) in [5, 5.41) is 8.54. The van der Waals surface area contributed by atoms with Crippen LogP contribution in [0.1, 0.15) is 11.1 Å². The van der Waals surface area contributed by atoms with E-state index in [4.69, 9.17) is 10.8 Å². The van der Waals surface area contributed by atoms with Gasteiger partial charge in [0.2, 0.25) is 0 Å². The molecule has 0 saturated heterocycles. The lowest BCUT2D eigenvalue weighted by Crippen LogP contribution is -2.32. The van der Waals surface area contributed by atoms with Crippen molar-refractivity contribution in [3.8, 4) is 0 Å². The van der Waals surface area contributed by atoms with Crippen LogP contribution in [0.4, 0.5) is 4.39 Å². The van der Waals surface area contributed by atoms with Crippen molar-refractivity contribution < 1.29 is 14.3 Å². The van der Waals surface area contributed by atoms with Crippen LogP contribution in [0.2, 0.25) is 0 Å². The van der Waals surface area contributed by atoms with Gasteiger partial charge in [-0.15, -0.1) is 12.4 Å². The van der Waals surface area contributed by atoms with Gasteiger partial charge in [-0.25, -0.2) is 4.39 Å². The zero-order valence-electron chi connectivity index (χ0n) is 8.24. The van der Waals surface area contributed by atoms with Gasteiger partial charge in [-0.2, -0.15) is 0 Å². The molecule has 5 heteroatoms. The van der Waals surface area contributed by atoms with Crippen molar-refractivity contribution in [1.82, 2.24) is 0 Å². The third kappa shape index (κ3) is 3.85. The van der Waals surface area contributed by atoms with Gasteiger partial charge < -0.3 is 10.8 Å². The van der Waals surface area contributed by atoms with E-state index in [2.05, 4.69) is 0 Å². The predicted molar refractivity (Wildman–Crippen MR) is 57.7 cm³/mol. The van der Waals surface area contributed by atoms with Gasteiger partial charge in [0.15, 0.2) is 0 Å². The Morgan fingerprint density at radius 2 is 2.20 bits per heavy atom. The molecule has 84 valence electrons. The highest BCUT2D eigenvalue weighted by Gasteiger charge is 2.14. The molecule has 0 aliphatic carbocycles. The van der Waals surface area contributed by atoms with Crippen LogP contribution in [-0.2, 0) is 11.2 Å². The Morgan fingerprint density at radius 3 is 2.67 bits per heavy atom. The maximum atomic E-state index is 13.2. The molecule has 3 N–H and O–H groups in total. The average Bonchev–Trinajstić information content (AvgIpc) is 2.09. The lowest BCUT2D eigenvalue weighted by atomic mass is 10.0. The Hall–Kier alpha value is -1.13. The largest absolute Gasteiger partial charge is 0.480 e. The van der Waals surface area contributed by atoms with Gasteiger partial charge in [-0.3, -0.25) is 4.79 Å². The fourth-order valence-electron chi connectivity index (χ4n) is 1.14. The highest BCUT2D eigenvalue weighted by molar-refractivity contribution is 5.85. The van der Waals surface area contributed by atoms with E-state index in [1.165, 1.54) is 6.07 Å². The van der Waals surface area contributed by atoms with Crippen LogP contribution in [0.25, 0.3) is 0 Å². The summed E-state index contributed by atoms with van der Waals surface area (Å²) in [6.45, 7) is 1.77. The van der Waals surface area contributed by atoms with Crippen LogP contribution in [-0.4, -0.2) is 17.1 Å². The van der Waals surface area contributed by atoms with E-state index in [0.29, 0.717) is 5.56 Å². The molecule has 0 aromatic heterocycles. The number of carboxylic acids is 1. The van der Waals surface area contributed by atoms with Crippen LogP contribution in [0, 0.1) is 12.7 Å². The second-order valence-corrected chi connectivity index (χ2v) is 3.24. The third-order valence-corrected chi connectivity index (χ3v) is 1.97. The molecule has 0 amide bonds. The Kier molecular flexibility index (Phi) is 5.25. The smallest absolute Gasteiger partial charge is 0.320 e. The third-order valence-electron chi connectivity index (χ3n) is 1.97. The molecule has 0 radical (unpaired) electrons. The molecule has 0 fully saturated rings. The van der Waals surface area contributed by atoms with Crippen LogP contribution in [0.5, 0.6) is 0 Å². The fraction of sp³-hybridized carbons (Fsp3) is 0.300. The summed E-state index contributed by atoms with van der Waals surface area (Å²) in [5.41, 5.74) is 6.43. The van der Waals surface area contributed by atoms with Crippen molar-refractivity contribution in [2.24, 2.45) is 5.73 Å². The normalized spacial score (nSPS) is 11.7. The SMILES string of the molecule is Cc1ccc(CC(N)C(=O)O)c(F)c1.Cl. The van der Waals surface area contributed by atoms with Gasteiger partial charge in [0.25, 0.3) is 0 Å². The number of aryl methyl sites for hydroxylation is 1. The Bertz CT molecular complexity index is 357. The first-order chi connectivity index (χ1) is 6.50. The Morgan fingerprint density at radius 1 is 1.60 bits per heavy atom. The minimum absolute atomic E-state index is 0.